The summed E-state index contributed by atoms with van der Waals surface area (Å²) in [7, 11) is 0. The molecule has 2 aromatic heterocycles. The highest BCUT2D eigenvalue weighted by molar-refractivity contribution is 5.94. The summed E-state index contributed by atoms with van der Waals surface area (Å²) in [6, 6.07) is 8.28. The van der Waals surface area contributed by atoms with Gasteiger partial charge < -0.3 is 9.47 Å². The Morgan fingerprint density at radius 2 is 1.90 bits per heavy atom. The van der Waals surface area contributed by atoms with Crippen LogP contribution < -0.4 is 0 Å². The van der Waals surface area contributed by atoms with Gasteiger partial charge in [0.2, 0.25) is 0 Å². The number of alkyl halides is 3. The molecule has 3 aromatic rings. The van der Waals surface area contributed by atoms with Crippen molar-refractivity contribution in [2.24, 2.45) is 0 Å². The van der Waals surface area contributed by atoms with Gasteiger partial charge in [-0.15, -0.1) is 0 Å². The Morgan fingerprint density at radius 3 is 2.61 bits per heavy atom. The van der Waals surface area contributed by atoms with Crippen LogP contribution in [0.1, 0.15) is 61.3 Å². The Kier molecular flexibility index (Phi) is 7.30. The molecule has 5 nitrogen and oxygen atoms in total. The summed E-state index contributed by atoms with van der Waals surface area (Å²) in [5.41, 5.74) is 0.697. The Balaban J connectivity index is 1.94. The minimum atomic E-state index is -4.50. The molecule has 31 heavy (non-hydrogen) atoms. The number of carbonyl (C=O) groups excluding carboxylic acids is 1. The molecule has 1 amide bonds. The third kappa shape index (κ3) is 5.42. The number of unbranched alkanes of at least 4 members (excludes halogenated alkanes) is 2. The van der Waals surface area contributed by atoms with Crippen molar-refractivity contribution in [1.82, 2.24) is 19.4 Å². The summed E-state index contributed by atoms with van der Waals surface area (Å²) in [5.74, 6) is 0.262. The zero-order valence-corrected chi connectivity index (χ0v) is 17.8. The first-order valence-corrected chi connectivity index (χ1v) is 10.6. The van der Waals surface area contributed by atoms with Crippen LogP contribution in [0, 0.1) is 0 Å². The molecule has 0 fully saturated rings. The fourth-order valence-corrected chi connectivity index (χ4v) is 3.57. The second-order valence-electron chi connectivity index (χ2n) is 7.54. The second-order valence-corrected chi connectivity index (χ2v) is 7.54. The molecule has 0 aliphatic heterocycles. The van der Waals surface area contributed by atoms with Crippen LogP contribution in [-0.2, 0) is 19.3 Å². The molecule has 0 aliphatic carbocycles. The molecule has 3 rings (SSSR count). The maximum absolute atomic E-state index is 13.2. The van der Waals surface area contributed by atoms with Gasteiger partial charge in [-0.2, -0.15) is 13.2 Å². The van der Waals surface area contributed by atoms with E-state index in [-0.39, 0.29) is 12.1 Å². The van der Waals surface area contributed by atoms with Gasteiger partial charge in [0.25, 0.3) is 5.91 Å². The number of fused-ring (bicyclic) bond motifs is 1. The molecule has 0 radical (unpaired) electrons. The van der Waals surface area contributed by atoms with Gasteiger partial charge in [0, 0.05) is 24.8 Å². The smallest absolute Gasteiger partial charge is 0.331 e. The summed E-state index contributed by atoms with van der Waals surface area (Å²) < 4.78 is 41.4. The standard InChI is InChI=1S/C23H27F3N4O/c1-3-5-6-14-29(22(31)17-9-7-10-18(15-17)23(24,25)26)16-20-28-19-11-8-12-27-21(19)30(20)13-4-2/h7-12,15H,3-6,13-14,16H2,1-2H3. The monoisotopic (exact) mass is 432 g/mol. The number of benzene rings is 1. The highest BCUT2D eigenvalue weighted by Crippen LogP contribution is 2.30. The van der Waals surface area contributed by atoms with Gasteiger partial charge in [-0.25, -0.2) is 9.97 Å². The van der Waals surface area contributed by atoms with Crippen molar-refractivity contribution in [2.75, 3.05) is 6.54 Å². The van der Waals surface area contributed by atoms with Crippen molar-refractivity contribution < 1.29 is 18.0 Å². The van der Waals surface area contributed by atoms with Crippen molar-refractivity contribution in [3.05, 3.63) is 59.5 Å². The van der Waals surface area contributed by atoms with Crippen molar-refractivity contribution in [2.45, 2.75) is 58.8 Å². The number of pyridine rings is 1. The lowest BCUT2D eigenvalue weighted by atomic mass is 10.1. The van der Waals surface area contributed by atoms with E-state index in [1.165, 1.54) is 12.1 Å². The van der Waals surface area contributed by atoms with E-state index in [9.17, 15) is 18.0 Å². The second kappa shape index (κ2) is 9.94. The first-order chi connectivity index (χ1) is 14.8. The molecule has 0 unspecified atom stereocenters. The molecule has 8 heteroatoms. The minimum absolute atomic E-state index is 0.0302. The first kappa shape index (κ1) is 22.8. The van der Waals surface area contributed by atoms with Crippen molar-refractivity contribution in [3.63, 3.8) is 0 Å². The number of hydrogen-bond acceptors (Lipinski definition) is 3. The van der Waals surface area contributed by atoms with E-state index in [1.54, 1.807) is 11.1 Å². The third-order valence-corrected chi connectivity index (χ3v) is 5.12. The third-order valence-electron chi connectivity index (χ3n) is 5.12. The number of hydrogen-bond donors (Lipinski definition) is 0. The SMILES string of the molecule is CCCCCN(Cc1nc2cccnc2n1CCC)C(=O)c1cccc(C(F)(F)F)c1. The Labute approximate surface area is 179 Å². The molecule has 0 N–H and O–H groups in total. The largest absolute Gasteiger partial charge is 0.416 e. The number of halogens is 3. The fourth-order valence-electron chi connectivity index (χ4n) is 3.57. The van der Waals surface area contributed by atoms with Crippen molar-refractivity contribution in [1.29, 1.82) is 0 Å². The number of amides is 1. The topological polar surface area (TPSA) is 51.0 Å². The number of imidazole rings is 1. The Hall–Kier alpha value is -2.90. The van der Waals surface area contributed by atoms with E-state index in [0.717, 1.165) is 49.0 Å². The predicted octanol–water partition coefficient (Wildman–Crippen LogP) is 5.69. The van der Waals surface area contributed by atoms with Gasteiger partial charge >= 0.3 is 6.18 Å². The summed E-state index contributed by atoms with van der Waals surface area (Å²) in [6.45, 7) is 5.47. The van der Waals surface area contributed by atoms with Crippen LogP contribution in [0.15, 0.2) is 42.6 Å². The quantitative estimate of drug-likeness (QED) is 0.408. The lowest BCUT2D eigenvalue weighted by molar-refractivity contribution is -0.137. The Bertz CT molecular complexity index is 1030. The molecule has 0 aliphatic rings. The van der Waals surface area contributed by atoms with Gasteiger partial charge in [0.1, 0.15) is 11.3 Å². The number of rotatable bonds is 9. The molecule has 1 aromatic carbocycles. The number of carbonyl (C=O) groups is 1. The fraction of sp³-hybridized carbons (Fsp3) is 0.435. The van der Waals surface area contributed by atoms with Crippen LogP contribution in [0.3, 0.4) is 0 Å². The predicted molar refractivity (Wildman–Crippen MR) is 114 cm³/mol. The normalized spacial score (nSPS) is 11.8. The molecular formula is C23H27F3N4O. The summed E-state index contributed by atoms with van der Waals surface area (Å²) >= 11 is 0. The van der Waals surface area contributed by atoms with Gasteiger partial charge in [0.05, 0.1) is 12.1 Å². The molecule has 0 bridgehead atoms. The molecule has 2 heterocycles. The number of aryl methyl sites for hydroxylation is 1. The van der Waals surface area contributed by atoms with Crippen LogP contribution in [0.2, 0.25) is 0 Å². The lowest BCUT2D eigenvalue weighted by Crippen LogP contribution is -2.33. The average Bonchev–Trinajstić information content (AvgIpc) is 3.09. The minimum Gasteiger partial charge on any atom is -0.331 e. The number of aromatic nitrogens is 3. The molecule has 0 spiro atoms. The van der Waals surface area contributed by atoms with E-state index >= 15 is 0 Å². The average molecular weight is 432 g/mol. The highest BCUT2D eigenvalue weighted by atomic mass is 19.4. The van der Waals surface area contributed by atoms with E-state index < -0.39 is 17.6 Å². The summed E-state index contributed by atoms with van der Waals surface area (Å²) in [5, 5.41) is 0. The zero-order valence-electron chi connectivity index (χ0n) is 17.8. The van der Waals surface area contributed by atoms with Gasteiger partial charge in [-0.1, -0.05) is 32.8 Å². The maximum Gasteiger partial charge on any atom is 0.416 e. The van der Waals surface area contributed by atoms with Crippen LogP contribution in [0.25, 0.3) is 11.2 Å². The number of nitrogens with zero attached hydrogens (tertiary/aromatic N) is 4. The first-order valence-electron chi connectivity index (χ1n) is 10.6. The van der Waals surface area contributed by atoms with Crippen molar-refractivity contribution >= 4 is 17.1 Å². The van der Waals surface area contributed by atoms with E-state index in [1.807, 2.05) is 23.6 Å². The van der Waals surface area contributed by atoms with Gasteiger partial charge in [0.15, 0.2) is 5.65 Å². The van der Waals surface area contributed by atoms with Crippen LogP contribution >= 0.6 is 0 Å². The molecular weight excluding hydrogens is 405 g/mol. The molecule has 0 atom stereocenters. The summed E-state index contributed by atoms with van der Waals surface area (Å²) in [4.78, 5) is 23.9. The summed E-state index contributed by atoms with van der Waals surface area (Å²) in [6.07, 6.45) is 0.750. The highest BCUT2D eigenvalue weighted by Gasteiger charge is 2.31. The molecule has 166 valence electrons. The van der Waals surface area contributed by atoms with Crippen LogP contribution in [0.4, 0.5) is 13.2 Å². The molecule has 0 saturated heterocycles. The van der Waals surface area contributed by atoms with Crippen molar-refractivity contribution in [3.8, 4) is 0 Å². The van der Waals surface area contributed by atoms with Crippen LogP contribution in [-0.4, -0.2) is 31.9 Å². The van der Waals surface area contributed by atoms with Gasteiger partial charge in [-0.05, 0) is 43.2 Å². The lowest BCUT2D eigenvalue weighted by Gasteiger charge is -2.23. The van der Waals surface area contributed by atoms with Gasteiger partial charge in [-0.3, -0.25) is 4.79 Å². The van der Waals surface area contributed by atoms with E-state index in [0.29, 0.717) is 18.9 Å². The maximum atomic E-state index is 13.2. The zero-order chi connectivity index (χ0) is 22.4. The van der Waals surface area contributed by atoms with Crippen LogP contribution in [0.5, 0.6) is 0 Å². The molecule has 0 saturated carbocycles. The van der Waals surface area contributed by atoms with E-state index in [4.69, 9.17) is 0 Å². The van der Waals surface area contributed by atoms with E-state index in [2.05, 4.69) is 16.9 Å². The Morgan fingerprint density at radius 1 is 1.10 bits per heavy atom.